The van der Waals surface area contributed by atoms with Gasteiger partial charge < -0.3 is 11.1 Å². The Bertz CT molecular complexity index is 741. The van der Waals surface area contributed by atoms with E-state index in [4.69, 9.17) is 5.73 Å². The maximum Gasteiger partial charge on any atom is 0.0380 e. The molecule has 4 heteroatoms. The predicted molar refractivity (Wildman–Crippen MR) is 85.0 cm³/mol. The van der Waals surface area contributed by atoms with Gasteiger partial charge >= 0.3 is 0 Å². The first-order valence-electron chi connectivity index (χ1n) is 7.26. The summed E-state index contributed by atoms with van der Waals surface area (Å²) in [6.07, 6.45) is 0.745. The Morgan fingerprint density at radius 3 is 2.45 bits per heavy atom. The van der Waals surface area contributed by atoms with E-state index in [9.17, 15) is 4.39 Å². The Balaban J connectivity index is 0.000000775. The van der Waals surface area contributed by atoms with Crippen molar-refractivity contribution in [3.05, 3.63) is 70.3 Å². The van der Waals surface area contributed by atoms with Crippen LogP contribution in [0.1, 0.15) is 25.8 Å². The molecule has 2 aromatic rings. The first-order chi connectivity index (χ1) is 10.3. The van der Waals surface area contributed by atoms with Gasteiger partial charge in [-0.25, -0.2) is 0 Å². The molecular weight excluding hydrogens is 501 g/mol. The molecule has 0 atom stereocenters. The maximum absolute atomic E-state index is 14.0. The van der Waals surface area contributed by atoms with E-state index in [1.807, 2.05) is 38.1 Å². The number of nitrogens with one attached hydrogen (secondary N) is 1. The third-order valence-corrected chi connectivity index (χ3v) is 3.29. The van der Waals surface area contributed by atoms with Gasteiger partial charge in [0, 0.05) is 55.6 Å². The number of benzene rings is 2. The van der Waals surface area contributed by atoms with Gasteiger partial charge in [-0.3, -0.25) is 4.39 Å². The molecule has 1 heterocycles. The van der Waals surface area contributed by atoms with Crippen LogP contribution in [0.4, 0.5) is 4.39 Å². The summed E-state index contributed by atoms with van der Waals surface area (Å²) >= 11 is 0. The van der Waals surface area contributed by atoms with Crippen molar-refractivity contribution in [3.63, 3.8) is 0 Å². The molecule has 22 heavy (non-hydrogen) atoms. The summed E-state index contributed by atoms with van der Waals surface area (Å²) in [7, 11) is 0. The number of halogens is 1. The zero-order valence-corrected chi connectivity index (χ0v) is 17.1. The number of nitrogens with two attached hydrogens (primary N) is 1. The van der Waals surface area contributed by atoms with Crippen LogP contribution in [0.3, 0.4) is 0 Å². The van der Waals surface area contributed by atoms with Crippen molar-refractivity contribution in [2.24, 2.45) is 5.73 Å². The topological polar surface area (TPSA) is 38.0 Å². The molecule has 114 valence electrons. The smallest absolute Gasteiger partial charge is 0.0380 e. The molecule has 0 amide bonds. The van der Waals surface area contributed by atoms with Gasteiger partial charge in [0.05, 0.1) is 0 Å². The fourth-order valence-electron chi connectivity index (χ4n) is 2.36. The van der Waals surface area contributed by atoms with Crippen molar-refractivity contribution < 1.29 is 35.5 Å². The molecule has 0 saturated heterocycles. The molecule has 0 unspecified atom stereocenters. The van der Waals surface area contributed by atoms with E-state index in [0.717, 1.165) is 28.3 Å². The molecule has 0 aromatic heterocycles. The van der Waals surface area contributed by atoms with Crippen LogP contribution in [0.25, 0.3) is 11.4 Å². The Kier molecular flexibility index (Phi) is 7.72. The molecule has 0 bridgehead atoms. The molecule has 0 radical (unpaired) electrons. The Morgan fingerprint density at radius 1 is 1.09 bits per heavy atom. The second kappa shape index (κ2) is 9.03. The van der Waals surface area contributed by atoms with Gasteiger partial charge in [-0.1, -0.05) is 43.7 Å². The fourth-order valence-corrected chi connectivity index (χ4v) is 2.36. The van der Waals surface area contributed by atoms with Crippen molar-refractivity contribution in [1.82, 2.24) is 5.32 Å². The van der Waals surface area contributed by atoms with E-state index in [1.165, 1.54) is 6.07 Å². The number of fused-ring (bicyclic) bond motifs is 1. The van der Waals surface area contributed by atoms with Gasteiger partial charge in [-0.2, -0.15) is 0 Å². The van der Waals surface area contributed by atoms with Crippen LogP contribution in [-0.2, 0) is 0 Å². The van der Waals surface area contributed by atoms with Crippen molar-refractivity contribution in [3.8, 4) is 0 Å². The van der Waals surface area contributed by atoms with E-state index in [1.54, 1.807) is 12.1 Å². The van der Waals surface area contributed by atoms with Crippen molar-refractivity contribution in [1.29, 1.82) is 0 Å². The van der Waals surface area contributed by atoms with Crippen LogP contribution in [0.15, 0.2) is 42.5 Å². The van der Waals surface area contributed by atoms with E-state index in [0.29, 0.717) is 12.1 Å². The standard InChI is InChI=1S/C16H14FN2.C2H6.U/c17-14-8-4-3-7-13(14)16-12-6-2-1-5-11(12)15(18)9-10-19-16;1-2;/h1-6,8,19H,9-10,18H2;1-2H3;/q-1;;. The van der Waals surface area contributed by atoms with Gasteiger partial charge in [-0.05, 0) is 16.1 Å². The molecule has 0 saturated carbocycles. The summed E-state index contributed by atoms with van der Waals surface area (Å²) in [6, 6.07) is 15.6. The second-order valence-electron chi connectivity index (χ2n) is 4.52. The second-order valence-corrected chi connectivity index (χ2v) is 4.52. The molecule has 2 nitrogen and oxygen atoms in total. The van der Waals surface area contributed by atoms with E-state index < -0.39 is 0 Å². The average molecular weight is 521 g/mol. The van der Waals surface area contributed by atoms with Crippen LogP contribution in [-0.4, -0.2) is 6.54 Å². The predicted octanol–water partition coefficient (Wildman–Crippen LogP) is 1.87. The Labute approximate surface area is 154 Å². The first-order valence-corrected chi connectivity index (χ1v) is 7.26. The van der Waals surface area contributed by atoms with Gasteiger partial charge in [0.1, 0.15) is 0 Å². The van der Waals surface area contributed by atoms with Gasteiger partial charge in [0.2, 0.25) is 0 Å². The molecule has 0 spiro atoms. The number of rotatable bonds is 1. The minimum absolute atomic E-state index is 0. The van der Waals surface area contributed by atoms with Crippen LogP contribution in [0, 0.1) is 43.0 Å². The minimum Gasteiger partial charge on any atom is -0.422 e. The molecule has 3 N–H and O–H groups in total. The summed E-state index contributed by atoms with van der Waals surface area (Å²) in [6.45, 7) is 4.69. The number of hydrogen-bond donors (Lipinski definition) is 2. The maximum atomic E-state index is 14.0. The van der Waals surface area contributed by atoms with E-state index >= 15 is 0 Å². The Morgan fingerprint density at radius 2 is 1.77 bits per heavy atom. The van der Waals surface area contributed by atoms with Crippen molar-refractivity contribution in [2.75, 3.05) is 6.54 Å². The van der Waals surface area contributed by atoms with Gasteiger partial charge in [-0.15, -0.1) is 24.3 Å². The normalized spacial score (nSPS) is 12.9. The average Bonchev–Trinajstić information content (AvgIpc) is 2.70. The summed E-state index contributed by atoms with van der Waals surface area (Å²) in [5, 5.41) is 5.17. The summed E-state index contributed by atoms with van der Waals surface area (Å²) in [5.41, 5.74) is 8.13. The van der Waals surface area contributed by atoms with Crippen LogP contribution >= 0.6 is 0 Å². The summed E-state index contributed by atoms with van der Waals surface area (Å²) in [4.78, 5) is 0. The molecule has 0 aliphatic carbocycles. The van der Waals surface area contributed by atoms with Crippen molar-refractivity contribution in [2.45, 2.75) is 20.3 Å². The van der Waals surface area contributed by atoms with E-state index in [-0.39, 0.29) is 36.9 Å². The monoisotopic (exact) mass is 521 g/mol. The van der Waals surface area contributed by atoms with E-state index in [2.05, 4.69) is 11.4 Å². The molecule has 0 fully saturated rings. The summed E-state index contributed by atoms with van der Waals surface area (Å²) < 4.78 is 14.0. The third-order valence-electron chi connectivity index (χ3n) is 3.29. The van der Waals surface area contributed by atoms with Gasteiger partial charge in [0.15, 0.2) is 0 Å². The minimum atomic E-state index is -0.278. The van der Waals surface area contributed by atoms with Crippen LogP contribution < -0.4 is 21.5 Å². The zero-order chi connectivity index (χ0) is 15.2. The largest absolute Gasteiger partial charge is 0.422 e. The quantitative estimate of drug-likeness (QED) is 0.563. The number of hydrogen-bond acceptors (Lipinski definition) is 2. The fraction of sp³-hybridized carbons (Fsp3) is 0.222. The Hall–Kier alpha value is -1.24. The first kappa shape index (κ1) is 18.8. The molecule has 1 aliphatic heterocycles. The van der Waals surface area contributed by atoms with Crippen LogP contribution in [0.2, 0.25) is 0 Å². The third kappa shape index (κ3) is 3.94. The molecule has 3 rings (SSSR count). The summed E-state index contributed by atoms with van der Waals surface area (Å²) in [5.74, 6) is -0.278. The van der Waals surface area contributed by atoms with Crippen molar-refractivity contribution >= 4 is 11.4 Å². The zero-order valence-electron chi connectivity index (χ0n) is 12.9. The molecular formula is C18H20FN2U-. The molecule has 2 aromatic carbocycles. The SMILES string of the molecule is CC.NC1=c2ccccc2=C(c2[c-]cccc2F)NCC1.[U]. The van der Waals surface area contributed by atoms with Crippen LogP contribution in [0.5, 0.6) is 0 Å². The van der Waals surface area contributed by atoms with Gasteiger partial charge in [0.25, 0.3) is 0 Å². The molecule has 1 aliphatic rings.